The van der Waals surface area contributed by atoms with Gasteiger partial charge >= 0.3 is 0 Å². The van der Waals surface area contributed by atoms with Gasteiger partial charge in [0.1, 0.15) is 0 Å². The minimum absolute atomic E-state index is 0.00940. The number of benzene rings is 1. The van der Waals surface area contributed by atoms with Crippen LogP contribution in [0.2, 0.25) is 5.02 Å². The Morgan fingerprint density at radius 1 is 1.53 bits per heavy atom. The molecule has 0 spiro atoms. The van der Waals surface area contributed by atoms with E-state index in [-0.39, 0.29) is 5.91 Å². The Morgan fingerprint density at radius 2 is 2.26 bits per heavy atom. The summed E-state index contributed by atoms with van der Waals surface area (Å²) in [7, 11) is 0. The molecule has 4 nitrogen and oxygen atoms in total. The first-order chi connectivity index (χ1) is 9.15. The zero-order chi connectivity index (χ0) is 13.8. The third-order valence-electron chi connectivity index (χ3n) is 3.74. The summed E-state index contributed by atoms with van der Waals surface area (Å²) >= 11 is 5.97. The van der Waals surface area contributed by atoms with Crippen LogP contribution < -0.4 is 11.3 Å². The highest BCUT2D eigenvalue weighted by atomic mass is 35.5. The van der Waals surface area contributed by atoms with Crippen molar-refractivity contribution >= 4 is 23.2 Å². The SMILES string of the molecule is CCN(CC1CCC1)C(=O)c1cc(Cl)ccc1NN. The molecule has 1 aromatic carbocycles. The number of nitrogen functional groups attached to an aromatic ring is 1. The van der Waals surface area contributed by atoms with Gasteiger partial charge < -0.3 is 10.3 Å². The highest BCUT2D eigenvalue weighted by Crippen LogP contribution is 2.28. The number of carbonyl (C=O) groups excluding carboxylic acids is 1. The third-order valence-corrected chi connectivity index (χ3v) is 3.97. The summed E-state index contributed by atoms with van der Waals surface area (Å²) in [5.41, 5.74) is 3.71. The van der Waals surface area contributed by atoms with Crippen molar-refractivity contribution in [3.05, 3.63) is 28.8 Å². The van der Waals surface area contributed by atoms with Crippen LogP contribution in [0.3, 0.4) is 0 Å². The number of amides is 1. The Labute approximate surface area is 118 Å². The molecule has 5 heteroatoms. The first-order valence-electron chi connectivity index (χ1n) is 6.71. The highest BCUT2D eigenvalue weighted by molar-refractivity contribution is 6.31. The van der Waals surface area contributed by atoms with Gasteiger partial charge in [-0.25, -0.2) is 0 Å². The van der Waals surface area contributed by atoms with Gasteiger partial charge in [0.2, 0.25) is 0 Å². The van der Waals surface area contributed by atoms with Crippen molar-refractivity contribution in [1.82, 2.24) is 4.90 Å². The molecule has 0 heterocycles. The molecule has 1 aliphatic carbocycles. The van der Waals surface area contributed by atoms with Crippen LogP contribution >= 0.6 is 11.6 Å². The summed E-state index contributed by atoms with van der Waals surface area (Å²) in [6, 6.07) is 5.12. The highest BCUT2D eigenvalue weighted by Gasteiger charge is 2.24. The van der Waals surface area contributed by atoms with Gasteiger partial charge in [-0.1, -0.05) is 18.0 Å². The Morgan fingerprint density at radius 3 is 2.79 bits per heavy atom. The molecule has 0 atom stereocenters. The van der Waals surface area contributed by atoms with Gasteiger partial charge in [-0.2, -0.15) is 0 Å². The lowest BCUT2D eigenvalue weighted by atomic mass is 9.85. The predicted molar refractivity (Wildman–Crippen MR) is 78.2 cm³/mol. The zero-order valence-corrected chi connectivity index (χ0v) is 11.9. The molecule has 1 aromatic rings. The smallest absolute Gasteiger partial charge is 0.256 e. The Balaban J connectivity index is 2.17. The van der Waals surface area contributed by atoms with Crippen molar-refractivity contribution in [2.45, 2.75) is 26.2 Å². The summed E-state index contributed by atoms with van der Waals surface area (Å²) in [6.45, 7) is 3.52. The fourth-order valence-electron chi connectivity index (χ4n) is 2.33. The van der Waals surface area contributed by atoms with Crippen molar-refractivity contribution < 1.29 is 4.79 Å². The van der Waals surface area contributed by atoms with Crippen molar-refractivity contribution in [1.29, 1.82) is 0 Å². The second kappa shape index (κ2) is 6.26. The van der Waals surface area contributed by atoms with Gasteiger partial charge in [-0.05, 0) is 43.9 Å². The summed E-state index contributed by atoms with van der Waals surface area (Å²) in [4.78, 5) is 14.4. The Bertz CT molecular complexity index is 460. The molecule has 1 aliphatic rings. The van der Waals surface area contributed by atoms with Crippen LogP contribution in [0, 0.1) is 5.92 Å². The largest absolute Gasteiger partial charge is 0.339 e. The van der Waals surface area contributed by atoms with E-state index < -0.39 is 0 Å². The van der Waals surface area contributed by atoms with E-state index >= 15 is 0 Å². The molecule has 0 aliphatic heterocycles. The van der Waals surface area contributed by atoms with Crippen LogP contribution in [0.4, 0.5) is 5.69 Å². The van der Waals surface area contributed by atoms with Gasteiger partial charge in [0.15, 0.2) is 0 Å². The number of hydrazine groups is 1. The second-order valence-electron chi connectivity index (χ2n) is 4.97. The van der Waals surface area contributed by atoms with Crippen molar-refractivity contribution in [3.8, 4) is 0 Å². The average molecular weight is 282 g/mol. The normalized spacial score (nSPS) is 14.9. The van der Waals surface area contributed by atoms with E-state index in [1.165, 1.54) is 19.3 Å². The third kappa shape index (κ3) is 3.19. The summed E-state index contributed by atoms with van der Waals surface area (Å²) < 4.78 is 0. The Kier molecular flexibility index (Phi) is 4.66. The van der Waals surface area contributed by atoms with E-state index in [0.717, 1.165) is 6.54 Å². The first-order valence-corrected chi connectivity index (χ1v) is 7.09. The van der Waals surface area contributed by atoms with E-state index in [1.807, 2.05) is 11.8 Å². The van der Waals surface area contributed by atoms with Gasteiger partial charge in [0.05, 0.1) is 11.3 Å². The lowest BCUT2D eigenvalue weighted by Crippen LogP contribution is -2.37. The number of nitrogens with one attached hydrogen (secondary N) is 1. The zero-order valence-electron chi connectivity index (χ0n) is 11.2. The number of carbonyl (C=O) groups is 1. The molecular weight excluding hydrogens is 262 g/mol. The van der Waals surface area contributed by atoms with Crippen LogP contribution in [0.15, 0.2) is 18.2 Å². The second-order valence-corrected chi connectivity index (χ2v) is 5.41. The van der Waals surface area contributed by atoms with E-state index in [2.05, 4.69) is 5.43 Å². The molecule has 104 valence electrons. The molecule has 2 rings (SSSR count). The van der Waals surface area contributed by atoms with Gasteiger partial charge in [0.25, 0.3) is 5.91 Å². The minimum Gasteiger partial charge on any atom is -0.339 e. The number of hydrogen-bond acceptors (Lipinski definition) is 3. The molecule has 1 fully saturated rings. The monoisotopic (exact) mass is 281 g/mol. The van der Waals surface area contributed by atoms with Gasteiger partial charge in [0, 0.05) is 18.1 Å². The molecule has 3 N–H and O–H groups in total. The van der Waals surface area contributed by atoms with E-state index in [1.54, 1.807) is 18.2 Å². The molecule has 0 saturated heterocycles. The van der Waals surface area contributed by atoms with Crippen LogP contribution in [0.1, 0.15) is 36.5 Å². The fourth-order valence-corrected chi connectivity index (χ4v) is 2.50. The van der Waals surface area contributed by atoms with Gasteiger partial charge in [-0.15, -0.1) is 0 Å². The van der Waals surface area contributed by atoms with Crippen LogP contribution in [-0.4, -0.2) is 23.9 Å². The van der Waals surface area contributed by atoms with Crippen LogP contribution in [-0.2, 0) is 0 Å². The number of nitrogens with two attached hydrogens (primary N) is 1. The maximum atomic E-state index is 12.6. The molecule has 1 saturated carbocycles. The number of rotatable bonds is 5. The number of hydrogen-bond donors (Lipinski definition) is 2. The van der Waals surface area contributed by atoms with E-state index in [9.17, 15) is 4.79 Å². The lowest BCUT2D eigenvalue weighted by molar-refractivity contribution is 0.0707. The van der Waals surface area contributed by atoms with Crippen molar-refractivity contribution in [2.75, 3.05) is 18.5 Å². The predicted octanol–water partition coefficient (Wildman–Crippen LogP) is 2.89. The van der Waals surface area contributed by atoms with Gasteiger partial charge in [-0.3, -0.25) is 10.6 Å². The maximum absolute atomic E-state index is 12.6. The lowest BCUT2D eigenvalue weighted by Gasteiger charge is -2.32. The Hall–Kier alpha value is -1.26. The molecule has 1 amide bonds. The molecule has 0 aromatic heterocycles. The fraction of sp³-hybridized carbons (Fsp3) is 0.500. The van der Waals surface area contributed by atoms with Crippen LogP contribution in [0.25, 0.3) is 0 Å². The molecule has 0 unspecified atom stereocenters. The van der Waals surface area contributed by atoms with E-state index in [0.29, 0.717) is 28.7 Å². The summed E-state index contributed by atoms with van der Waals surface area (Å²) in [6.07, 6.45) is 3.73. The minimum atomic E-state index is -0.00940. The molecule has 0 bridgehead atoms. The average Bonchev–Trinajstić information content (AvgIpc) is 2.37. The summed E-state index contributed by atoms with van der Waals surface area (Å²) in [5, 5.41) is 0.544. The van der Waals surface area contributed by atoms with Crippen molar-refractivity contribution in [3.63, 3.8) is 0 Å². The molecular formula is C14H20ClN3O. The number of nitrogens with zero attached hydrogens (tertiary/aromatic N) is 1. The maximum Gasteiger partial charge on any atom is 0.256 e. The number of halogens is 1. The standard InChI is InChI=1S/C14H20ClN3O/c1-2-18(9-10-4-3-5-10)14(19)12-8-11(15)6-7-13(12)17-16/h6-8,10,17H,2-5,9,16H2,1H3. The molecule has 0 radical (unpaired) electrons. The first kappa shape index (κ1) is 14.2. The van der Waals surface area contributed by atoms with E-state index in [4.69, 9.17) is 17.4 Å². The number of anilines is 1. The summed E-state index contributed by atoms with van der Waals surface area (Å²) in [5.74, 6) is 6.10. The quantitative estimate of drug-likeness (QED) is 0.644. The topological polar surface area (TPSA) is 58.4 Å². The van der Waals surface area contributed by atoms with Crippen LogP contribution in [0.5, 0.6) is 0 Å². The van der Waals surface area contributed by atoms with Crippen molar-refractivity contribution in [2.24, 2.45) is 11.8 Å². The molecule has 19 heavy (non-hydrogen) atoms.